The van der Waals surface area contributed by atoms with Gasteiger partial charge in [0.15, 0.2) is 5.69 Å². The summed E-state index contributed by atoms with van der Waals surface area (Å²) in [4.78, 5) is 12.7. The topological polar surface area (TPSA) is 68.5 Å². The number of fused-ring (bicyclic) bond motifs is 1. The van der Waals surface area contributed by atoms with Gasteiger partial charge in [0.2, 0.25) is 0 Å². The molecule has 0 aliphatic carbocycles. The maximum absolute atomic E-state index is 12.7. The lowest BCUT2D eigenvalue weighted by Crippen LogP contribution is -2.18. The molecule has 4 aromatic carbocycles. The number of hydrogen-bond donors (Lipinski definition) is 1. The second-order valence-corrected chi connectivity index (χ2v) is 9.69. The van der Waals surface area contributed by atoms with E-state index in [2.05, 4.69) is 31.6 Å². The molecule has 6 nitrogen and oxygen atoms in total. The Bertz CT molecular complexity index is 1580. The van der Waals surface area contributed by atoms with Crippen molar-refractivity contribution in [3.63, 3.8) is 0 Å². The van der Waals surface area contributed by atoms with Gasteiger partial charge in [-0.25, -0.2) is 5.43 Å². The first-order valence-electron chi connectivity index (χ1n) is 11.6. The van der Waals surface area contributed by atoms with E-state index in [4.69, 9.17) is 16.3 Å². The standard InChI is InChI=1S/C29H22BrClN4O2/c30-23-6-3-4-21(16-23)19-37-28-13-10-22-5-1-2-7-25(22)26(28)17-32-33-29(36)27-14-15-35(34-27)18-20-8-11-24(31)12-9-20/h1-17H,18-19H2,(H,33,36)/b32-17-. The predicted octanol–water partition coefficient (Wildman–Crippen LogP) is 6.84. The molecule has 0 bridgehead atoms. The molecular formula is C29H22BrClN4O2. The second kappa shape index (κ2) is 11.4. The molecule has 37 heavy (non-hydrogen) atoms. The number of benzene rings is 4. The highest BCUT2D eigenvalue weighted by Gasteiger charge is 2.11. The van der Waals surface area contributed by atoms with E-state index in [-0.39, 0.29) is 5.69 Å². The molecule has 1 aromatic heterocycles. The van der Waals surface area contributed by atoms with Crippen molar-refractivity contribution < 1.29 is 9.53 Å². The van der Waals surface area contributed by atoms with Crippen LogP contribution in [0.5, 0.6) is 5.75 Å². The molecule has 0 aliphatic rings. The SMILES string of the molecule is O=C(N/N=C\c1c(OCc2cccc(Br)c2)ccc2ccccc12)c1ccn(Cc2ccc(Cl)cc2)n1. The molecule has 5 aromatic rings. The Balaban J connectivity index is 1.31. The average Bonchev–Trinajstić information content (AvgIpc) is 3.38. The molecule has 184 valence electrons. The van der Waals surface area contributed by atoms with Crippen molar-refractivity contribution >= 4 is 50.4 Å². The van der Waals surface area contributed by atoms with Gasteiger partial charge in [-0.1, -0.05) is 82.1 Å². The number of ether oxygens (including phenoxy) is 1. The summed E-state index contributed by atoms with van der Waals surface area (Å²) in [7, 11) is 0. The van der Waals surface area contributed by atoms with Crippen LogP contribution < -0.4 is 10.2 Å². The monoisotopic (exact) mass is 572 g/mol. The fraction of sp³-hybridized carbons (Fsp3) is 0.0690. The minimum absolute atomic E-state index is 0.273. The number of hydrogen-bond acceptors (Lipinski definition) is 4. The summed E-state index contributed by atoms with van der Waals surface area (Å²) in [6.45, 7) is 0.929. The molecule has 1 amide bonds. The van der Waals surface area contributed by atoms with E-state index in [0.29, 0.717) is 23.9 Å². The molecule has 0 unspecified atom stereocenters. The minimum atomic E-state index is -0.400. The number of halogens is 2. The van der Waals surface area contributed by atoms with Gasteiger partial charge >= 0.3 is 0 Å². The molecule has 8 heteroatoms. The van der Waals surface area contributed by atoms with Gasteiger partial charge in [0.05, 0.1) is 12.8 Å². The second-order valence-electron chi connectivity index (χ2n) is 8.34. The van der Waals surface area contributed by atoms with Crippen molar-refractivity contribution in [3.05, 3.63) is 129 Å². The Morgan fingerprint density at radius 1 is 1.00 bits per heavy atom. The minimum Gasteiger partial charge on any atom is -0.488 e. The van der Waals surface area contributed by atoms with E-state index < -0.39 is 5.91 Å². The molecule has 0 aliphatic heterocycles. The highest BCUT2D eigenvalue weighted by atomic mass is 79.9. The van der Waals surface area contributed by atoms with E-state index in [1.165, 1.54) is 0 Å². The normalized spacial score (nSPS) is 11.2. The number of nitrogens with zero attached hydrogens (tertiary/aromatic N) is 3. The van der Waals surface area contributed by atoms with Crippen molar-refractivity contribution in [3.8, 4) is 5.75 Å². The number of rotatable bonds is 8. The van der Waals surface area contributed by atoms with Gasteiger partial charge in [-0.15, -0.1) is 0 Å². The summed E-state index contributed by atoms with van der Waals surface area (Å²) < 4.78 is 8.83. The molecule has 0 spiro atoms. The van der Waals surface area contributed by atoms with Crippen LogP contribution in [-0.4, -0.2) is 21.9 Å². The highest BCUT2D eigenvalue weighted by molar-refractivity contribution is 9.10. The fourth-order valence-corrected chi connectivity index (χ4v) is 4.46. The van der Waals surface area contributed by atoms with Crippen LogP contribution in [0.2, 0.25) is 5.02 Å². The molecule has 0 saturated carbocycles. The predicted molar refractivity (Wildman–Crippen MR) is 150 cm³/mol. The van der Waals surface area contributed by atoms with Crippen LogP contribution in [-0.2, 0) is 13.2 Å². The lowest BCUT2D eigenvalue weighted by atomic mass is 10.0. The zero-order valence-corrected chi connectivity index (χ0v) is 22.0. The van der Waals surface area contributed by atoms with Gasteiger partial charge in [-0.2, -0.15) is 10.2 Å². The molecule has 0 radical (unpaired) electrons. The summed E-state index contributed by atoms with van der Waals surface area (Å²) in [6, 6.07) is 29.0. The number of hydrazone groups is 1. The summed E-state index contributed by atoms with van der Waals surface area (Å²) >= 11 is 9.44. The smallest absolute Gasteiger partial charge is 0.291 e. The Morgan fingerprint density at radius 2 is 1.84 bits per heavy atom. The van der Waals surface area contributed by atoms with E-state index in [9.17, 15) is 4.79 Å². The summed E-state index contributed by atoms with van der Waals surface area (Å²) in [5.41, 5.74) is 5.70. The molecule has 0 saturated heterocycles. The van der Waals surface area contributed by atoms with Crippen molar-refractivity contribution in [2.24, 2.45) is 5.10 Å². The average molecular weight is 574 g/mol. The molecule has 1 heterocycles. The first-order valence-corrected chi connectivity index (χ1v) is 12.7. The number of aromatic nitrogens is 2. The van der Waals surface area contributed by atoms with Gasteiger partial charge in [-0.05, 0) is 58.3 Å². The van der Waals surface area contributed by atoms with Crippen LogP contribution in [0.3, 0.4) is 0 Å². The number of nitrogens with one attached hydrogen (secondary N) is 1. The van der Waals surface area contributed by atoms with E-state index >= 15 is 0 Å². The van der Waals surface area contributed by atoms with Crippen molar-refractivity contribution in [2.45, 2.75) is 13.2 Å². The lowest BCUT2D eigenvalue weighted by molar-refractivity contribution is 0.0949. The van der Waals surface area contributed by atoms with E-state index in [1.54, 1.807) is 23.2 Å². The molecule has 1 N–H and O–H groups in total. The summed E-state index contributed by atoms with van der Waals surface area (Å²) in [5.74, 6) is 0.270. The Hall–Kier alpha value is -3.94. The van der Waals surface area contributed by atoms with Gasteiger partial charge < -0.3 is 4.74 Å². The fourth-order valence-electron chi connectivity index (χ4n) is 3.88. The van der Waals surface area contributed by atoms with Crippen molar-refractivity contribution in [1.82, 2.24) is 15.2 Å². The van der Waals surface area contributed by atoms with Gasteiger partial charge in [0, 0.05) is 21.3 Å². The van der Waals surface area contributed by atoms with Crippen LogP contribution in [0.25, 0.3) is 10.8 Å². The van der Waals surface area contributed by atoms with Crippen LogP contribution in [0.15, 0.2) is 107 Å². The molecule has 0 atom stereocenters. The first-order chi connectivity index (χ1) is 18.0. The zero-order chi connectivity index (χ0) is 25.6. The first kappa shape index (κ1) is 24.7. The summed E-state index contributed by atoms with van der Waals surface area (Å²) in [5, 5.41) is 11.3. The number of amides is 1. The van der Waals surface area contributed by atoms with E-state index in [0.717, 1.165) is 31.9 Å². The maximum atomic E-state index is 12.7. The van der Waals surface area contributed by atoms with Crippen LogP contribution in [0.1, 0.15) is 27.2 Å². The third-order valence-corrected chi connectivity index (χ3v) is 6.45. The Labute approximate surface area is 227 Å². The van der Waals surface area contributed by atoms with Gasteiger partial charge in [0.25, 0.3) is 5.91 Å². The molecule has 5 rings (SSSR count). The van der Waals surface area contributed by atoms with Crippen LogP contribution >= 0.6 is 27.5 Å². The van der Waals surface area contributed by atoms with Gasteiger partial charge in [-0.3, -0.25) is 9.48 Å². The third-order valence-electron chi connectivity index (χ3n) is 5.70. The van der Waals surface area contributed by atoms with Crippen molar-refractivity contribution in [1.29, 1.82) is 0 Å². The van der Waals surface area contributed by atoms with Crippen LogP contribution in [0.4, 0.5) is 0 Å². The quantitative estimate of drug-likeness (QED) is 0.163. The molecular weight excluding hydrogens is 552 g/mol. The van der Waals surface area contributed by atoms with Crippen LogP contribution in [0, 0.1) is 0 Å². The van der Waals surface area contributed by atoms with Gasteiger partial charge in [0.1, 0.15) is 12.4 Å². The lowest BCUT2D eigenvalue weighted by Gasteiger charge is -2.12. The highest BCUT2D eigenvalue weighted by Crippen LogP contribution is 2.27. The largest absolute Gasteiger partial charge is 0.488 e. The van der Waals surface area contributed by atoms with E-state index in [1.807, 2.05) is 84.9 Å². The maximum Gasteiger partial charge on any atom is 0.291 e. The Kier molecular flexibility index (Phi) is 7.63. The molecule has 0 fully saturated rings. The zero-order valence-electron chi connectivity index (χ0n) is 19.6. The third kappa shape index (κ3) is 6.25. The number of carbonyl (C=O) groups is 1. The Morgan fingerprint density at radius 3 is 2.68 bits per heavy atom. The summed E-state index contributed by atoms with van der Waals surface area (Å²) in [6.07, 6.45) is 3.37. The van der Waals surface area contributed by atoms with Crippen molar-refractivity contribution in [2.75, 3.05) is 0 Å². The number of carbonyl (C=O) groups excluding carboxylic acids is 1.